The Morgan fingerprint density at radius 1 is 0.976 bits per heavy atom. The Kier molecular flexibility index (Phi) is 6.80. The monoisotopic (exact) mass is 572 g/mol. The van der Waals surface area contributed by atoms with Gasteiger partial charge in [-0.05, 0) is 48.1 Å². The summed E-state index contributed by atoms with van der Waals surface area (Å²) in [7, 11) is 0. The van der Waals surface area contributed by atoms with Gasteiger partial charge in [0.15, 0.2) is 6.10 Å². The molecule has 222 valence electrons. The second-order valence-corrected chi connectivity index (χ2v) is 13.4. The van der Waals surface area contributed by atoms with Crippen molar-refractivity contribution in [2.75, 3.05) is 6.61 Å². The van der Waals surface area contributed by atoms with Gasteiger partial charge in [-0.15, -0.1) is 0 Å². The summed E-state index contributed by atoms with van der Waals surface area (Å²) < 4.78 is 12.3. The maximum absolute atomic E-state index is 13.2. The van der Waals surface area contributed by atoms with Gasteiger partial charge in [-0.2, -0.15) is 0 Å². The molecule has 7 heteroatoms. The van der Waals surface area contributed by atoms with Crippen LogP contribution in [0.25, 0.3) is 0 Å². The highest BCUT2D eigenvalue weighted by atomic mass is 16.6. The smallest absolute Gasteiger partial charge is 0.338 e. The lowest BCUT2D eigenvalue weighted by molar-refractivity contribution is -0.196. The molecule has 2 saturated carbocycles. The molecule has 0 heterocycles. The third-order valence-electron chi connectivity index (χ3n) is 10.8. The van der Waals surface area contributed by atoms with Crippen molar-refractivity contribution in [2.24, 2.45) is 29.1 Å². The van der Waals surface area contributed by atoms with Gasteiger partial charge in [-0.3, -0.25) is 4.79 Å². The molecular weight excluding hydrogens is 532 g/mol. The van der Waals surface area contributed by atoms with Crippen LogP contribution < -0.4 is 0 Å². The molecule has 0 spiro atoms. The topological polar surface area (TPSA) is 113 Å². The Hall–Kier alpha value is -3.26. The first-order chi connectivity index (χ1) is 19.9. The molecule has 42 heavy (non-hydrogen) atoms. The number of hydrogen-bond acceptors (Lipinski definition) is 7. The van der Waals surface area contributed by atoms with Crippen LogP contribution in [0.4, 0.5) is 0 Å². The molecule has 2 aromatic rings. The summed E-state index contributed by atoms with van der Waals surface area (Å²) in [5.74, 6) is -2.76. The maximum atomic E-state index is 13.2. The van der Waals surface area contributed by atoms with E-state index >= 15 is 0 Å². The number of carbonyl (C=O) groups excluding carboxylic acids is 2. The molecule has 0 saturated heterocycles. The van der Waals surface area contributed by atoms with E-state index in [0.29, 0.717) is 23.1 Å². The first-order valence-electron chi connectivity index (χ1n) is 14.8. The highest BCUT2D eigenvalue weighted by molar-refractivity contribution is 5.89. The predicted molar refractivity (Wildman–Crippen MR) is 156 cm³/mol. The fourth-order valence-electron chi connectivity index (χ4n) is 8.70. The van der Waals surface area contributed by atoms with E-state index in [2.05, 4.69) is 13.8 Å². The minimum Gasteiger partial charge on any atom is -0.458 e. The molecule has 0 amide bonds. The highest BCUT2D eigenvalue weighted by Gasteiger charge is 2.83. The molecule has 6 rings (SSSR count). The lowest BCUT2D eigenvalue weighted by Gasteiger charge is -2.51. The van der Waals surface area contributed by atoms with Gasteiger partial charge in [-0.1, -0.05) is 81.5 Å². The Balaban J connectivity index is 1.34. The van der Waals surface area contributed by atoms with Gasteiger partial charge >= 0.3 is 11.9 Å². The van der Waals surface area contributed by atoms with Crippen molar-refractivity contribution in [1.82, 2.24) is 0 Å². The first kappa shape index (κ1) is 28.8. The summed E-state index contributed by atoms with van der Waals surface area (Å²) in [5.41, 5.74) is -1.87. The number of aliphatic hydroxyl groups is 3. The maximum Gasteiger partial charge on any atom is 0.338 e. The molecule has 4 aliphatic carbocycles. The summed E-state index contributed by atoms with van der Waals surface area (Å²) in [6.07, 6.45) is 3.37. The first-order valence-corrected chi connectivity index (χ1v) is 14.8. The summed E-state index contributed by atoms with van der Waals surface area (Å²) >= 11 is 0. The normalized spacial score (nSPS) is 37.6. The summed E-state index contributed by atoms with van der Waals surface area (Å²) in [5, 5.41) is 35.6. The van der Waals surface area contributed by atoms with E-state index in [-0.39, 0.29) is 37.3 Å². The third-order valence-corrected chi connectivity index (χ3v) is 10.8. The number of benzene rings is 2. The third kappa shape index (κ3) is 4.12. The summed E-state index contributed by atoms with van der Waals surface area (Å²) in [6, 6.07) is 18.1. The van der Waals surface area contributed by atoms with E-state index in [9.17, 15) is 24.9 Å². The molecule has 8 atom stereocenters. The lowest BCUT2D eigenvalue weighted by atomic mass is 9.60. The van der Waals surface area contributed by atoms with E-state index < -0.39 is 46.1 Å². The summed E-state index contributed by atoms with van der Waals surface area (Å²) in [4.78, 5) is 26.3. The molecule has 7 nitrogen and oxygen atoms in total. The van der Waals surface area contributed by atoms with Crippen LogP contribution >= 0.6 is 0 Å². The van der Waals surface area contributed by atoms with E-state index in [1.165, 1.54) is 0 Å². The molecule has 0 aromatic heterocycles. The molecule has 2 aromatic carbocycles. The largest absolute Gasteiger partial charge is 0.458 e. The minimum absolute atomic E-state index is 0.0359. The molecule has 1 unspecified atom stereocenters. The van der Waals surface area contributed by atoms with E-state index in [4.69, 9.17) is 9.47 Å². The Bertz CT molecular complexity index is 1450. The van der Waals surface area contributed by atoms with E-state index in [1.54, 1.807) is 31.2 Å². The average molecular weight is 573 g/mol. The second-order valence-electron chi connectivity index (χ2n) is 13.4. The van der Waals surface area contributed by atoms with Crippen LogP contribution in [-0.4, -0.2) is 56.8 Å². The fourth-order valence-corrected chi connectivity index (χ4v) is 8.70. The number of ether oxygens (including phenoxy) is 2. The zero-order valence-corrected chi connectivity index (χ0v) is 24.6. The SMILES string of the molecule is CC1=C[C@H]2[C@@]3(O)[C@H](C)C[C@]4(OC(=O)Cc5ccccc5)[C@@H]([C@@H]3C=C(CO)C[C@]2(O)C1OC(=O)c1ccccc1)C4(C)C. The number of fused-ring (bicyclic) bond motifs is 5. The lowest BCUT2D eigenvalue weighted by Crippen LogP contribution is -2.62. The standard InChI is InChI=1S/C35H40O7/c1-21-15-27-33(39,30(21)41-31(38)25-13-9-6-10-14-25)19-24(20-36)16-26-29-32(3,4)34(29,18-22(2)35(26,27)40)42-28(37)17-23-11-7-5-8-12-23/h5-16,22,26-27,29-30,36,39-40H,17-20H2,1-4H3/t22-,26+,27-,29+,30?,33-,34+,35-/m1/s1. The minimum atomic E-state index is -1.66. The van der Waals surface area contributed by atoms with Crippen molar-refractivity contribution in [3.05, 3.63) is 95.1 Å². The second kappa shape index (κ2) is 9.90. The van der Waals surface area contributed by atoms with Crippen molar-refractivity contribution >= 4 is 11.9 Å². The fraction of sp³-hybridized carbons (Fsp3) is 0.486. The number of hydrogen-bond donors (Lipinski definition) is 3. The van der Waals surface area contributed by atoms with Gasteiger partial charge in [0.1, 0.15) is 11.2 Å². The van der Waals surface area contributed by atoms with Crippen LogP contribution in [0.2, 0.25) is 0 Å². The highest BCUT2D eigenvalue weighted by Crippen LogP contribution is 2.76. The van der Waals surface area contributed by atoms with Crippen LogP contribution in [0.1, 0.15) is 56.5 Å². The molecule has 0 aliphatic heterocycles. The van der Waals surface area contributed by atoms with Crippen LogP contribution in [0.3, 0.4) is 0 Å². The van der Waals surface area contributed by atoms with Crippen molar-refractivity contribution in [1.29, 1.82) is 0 Å². The van der Waals surface area contributed by atoms with Gasteiger partial charge < -0.3 is 24.8 Å². The number of rotatable bonds is 6. The van der Waals surface area contributed by atoms with Crippen molar-refractivity contribution in [2.45, 2.75) is 69.9 Å². The van der Waals surface area contributed by atoms with Crippen molar-refractivity contribution in [3.63, 3.8) is 0 Å². The number of esters is 2. The van der Waals surface area contributed by atoms with Gasteiger partial charge in [0.25, 0.3) is 0 Å². The number of carbonyl (C=O) groups is 2. The zero-order valence-electron chi connectivity index (χ0n) is 24.6. The Morgan fingerprint density at radius 2 is 1.62 bits per heavy atom. The van der Waals surface area contributed by atoms with Crippen LogP contribution in [-0.2, 0) is 20.7 Å². The average Bonchev–Trinajstić information content (AvgIpc) is 3.35. The molecule has 0 radical (unpaired) electrons. The van der Waals surface area contributed by atoms with E-state index in [0.717, 1.165) is 5.56 Å². The molecule has 3 N–H and O–H groups in total. The van der Waals surface area contributed by atoms with Crippen LogP contribution in [0.5, 0.6) is 0 Å². The summed E-state index contributed by atoms with van der Waals surface area (Å²) in [6.45, 7) is 7.56. The molecule has 4 aliphatic rings. The van der Waals surface area contributed by atoms with Crippen LogP contribution in [0, 0.1) is 29.1 Å². The quantitative estimate of drug-likeness (QED) is 0.347. The predicted octanol–water partition coefficient (Wildman–Crippen LogP) is 4.41. The Morgan fingerprint density at radius 3 is 2.26 bits per heavy atom. The van der Waals surface area contributed by atoms with Gasteiger partial charge in [0, 0.05) is 29.6 Å². The number of aliphatic hydroxyl groups excluding tert-OH is 1. The Labute approximate surface area is 246 Å². The van der Waals surface area contributed by atoms with Crippen molar-refractivity contribution in [3.8, 4) is 0 Å². The molecule has 0 bridgehead atoms. The van der Waals surface area contributed by atoms with Crippen LogP contribution in [0.15, 0.2) is 84.0 Å². The van der Waals surface area contributed by atoms with E-state index in [1.807, 2.05) is 55.5 Å². The van der Waals surface area contributed by atoms with Crippen molar-refractivity contribution < 1.29 is 34.4 Å². The van der Waals surface area contributed by atoms with Gasteiger partial charge in [-0.25, -0.2) is 4.79 Å². The van der Waals surface area contributed by atoms with Gasteiger partial charge in [0.05, 0.1) is 24.2 Å². The zero-order chi connectivity index (χ0) is 30.1. The molecular formula is C35H40O7. The molecule has 2 fully saturated rings. The van der Waals surface area contributed by atoms with Gasteiger partial charge in [0.2, 0.25) is 0 Å².